The summed E-state index contributed by atoms with van der Waals surface area (Å²) in [6, 6.07) is 20.2. The number of aryl methyl sites for hydroxylation is 1. The molecule has 4 rings (SSSR count). The van der Waals surface area contributed by atoms with Crippen molar-refractivity contribution in [3.63, 3.8) is 0 Å². The van der Waals surface area contributed by atoms with Gasteiger partial charge in [-0.15, -0.1) is 0 Å². The predicted octanol–water partition coefficient (Wildman–Crippen LogP) is 7.86. The van der Waals surface area contributed by atoms with Crippen LogP contribution in [0, 0.1) is 19.8 Å². The van der Waals surface area contributed by atoms with Crippen LogP contribution < -0.4 is 5.32 Å². The van der Waals surface area contributed by atoms with Crippen molar-refractivity contribution in [3.05, 3.63) is 90.0 Å². The molecule has 1 amide bonds. The summed E-state index contributed by atoms with van der Waals surface area (Å²) in [6.45, 7) is 11.8. The second kappa shape index (κ2) is 10.1. The number of amides is 1. The van der Waals surface area contributed by atoms with Crippen molar-refractivity contribution in [1.82, 2.24) is 4.98 Å². The molecular formula is C31H32N2O2. The molecule has 2 N–H and O–H groups in total. The van der Waals surface area contributed by atoms with Gasteiger partial charge in [-0.05, 0) is 66.3 Å². The van der Waals surface area contributed by atoms with Gasteiger partial charge in [0.1, 0.15) is 0 Å². The lowest BCUT2D eigenvalue weighted by Gasteiger charge is -2.13. The molecule has 4 heteroatoms. The van der Waals surface area contributed by atoms with E-state index in [0.717, 1.165) is 68.5 Å². The minimum absolute atomic E-state index is 0.0411. The van der Waals surface area contributed by atoms with Gasteiger partial charge in [-0.25, -0.2) is 0 Å². The van der Waals surface area contributed by atoms with E-state index in [-0.39, 0.29) is 17.6 Å². The van der Waals surface area contributed by atoms with E-state index in [0.29, 0.717) is 0 Å². The van der Waals surface area contributed by atoms with E-state index in [9.17, 15) is 9.59 Å². The molecule has 0 aliphatic heterocycles. The zero-order valence-corrected chi connectivity index (χ0v) is 20.9. The monoisotopic (exact) mass is 464 g/mol. The number of rotatable bonds is 8. The second-order valence-electron chi connectivity index (χ2n) is 9.20. The van der Waals surface area contributed by atoms with Crippen LogP contribution in [0.5, 0.6) is 0 Å². The number of aromatic nitrogens is 1. The number of Topliss-reactive ketones (excluding diaryl/α,β-unsaturated/α-hetero) is 1. The molecule has 1 aromatic heterocycles. The lowest BCUT2D eigenvalue weighted by atomic mass is 9.94. The van der Waals surface area contributed by atoms with E-state index in [2.05, 4.69) is 55.0 Å². The van der Waals surface area contributed by atoms with Gasteiger partial charge in [-0.2, -0.15) is 0 Å². The normalized spacial score (nSPS) is 11.9. The highest BCUT2D eigenvalue weighted by molar-refractivity contribution is 6.03. The van der Waals surface area contributed by atoms with Crippen LogP contribution in [0.3, 0.4) is 0 Å². The molecule has 4 aromatic rings. The maximum absolute atomic E-state index is 12.7. The second-order valence-corrected chi connectivity index (χ2v) is 9.20. The molecule has 0 bridgehead atoms. The third kappa shape index (κ3) is 4.83. The Balaban J connectivity index is 1.74. The van der Waals surface area contributed by atoms with Crippen LogP contribution >= 0.6 is 0 Å². The number of benzene rings is 3. The number of anilines is 1. The van der Waals surface area contributed by atoms with Crippen LogP contribution in [0.25, 0.3) is 33.3 Å². The number of ketones is 1. The van der Waals surface area contributed by atoms with Gasteiger partial charge in [0.05, 0.1) is 0 Å². The highest BCUT2D eigenvalue weighted by Crippen LogP contribution is 2.37. The van der Waals surface area contributed by atoms with Crippen LogP contribution in [-0.2, 0) is 4.79 Å². The van der Waals surface area contributed by atoms with Crippen molar-refractivity contribution >= 4 is 28.3 Å². The minimum Gasteiger partial charge on any atom is -0.354 e. The maximum atomic E-state index is 12.7. The lowest BCUT2D eigenvalue weighted by molar-refractivity contribution is -0.111. The molecule has 0 saturated heterocycles. The Kier molecular flexibility index (Phi) is 7.02. The zero-order chi connectivity index (χ0) is 25.1. The largest absolute Gasteiger partial charge is 0.354 e. The third-order valence-corrected chi connectivity index (χ3v) is 6.72. The van der Waals surface area contributed by atoms with Gasteiger partial charge < -0.3 is 10.3 Å². The molecule has 0 saturated carbocycles. The highest BCUT2D eigenvalue weighted by atomic mass is 16.1. The Morgan fingerprint density at radius 2 is 1.77 bits per heavy atom. The Bertz CT molecular complexity index is 1410. The van der Waals surface area contributed by atoms with Gasteiger partial charge in [0.2, 0.25) is 5.91 Å². The molecule has 4 nitrogen and oxygen atoms in total. The van der Waals surface area contributed by atoms with Gasteiger partial charge in [-0.3, -0.25) is 9.59 Å². The van der Waals surface area contributed by atoms with E-state index in [1.165, 1.54) is 6.08 Å². The number of nitrogens with one attached hydrogen (secondary N) is 2. The van der Waals surface area contributed by atoms with E-state index in [4.69, 9.17) is 0 Å². The summed E-state index contributed by atoms with van der Waals surface area (Å²) in [6.07, 6.45) is 3.19. The van der Waals surface area contributed by atoms with Crippen LogP contribution in [0.2, 0.25) is 0 Å². The average molecular weight is 465 g/mol. The van der Waals surface area contributed by atoms with Gasteiger partial charge >= 0.3 is 0 Å². The first-order valence-electron chi connectivity index (χ1n) is 12.1. The number of carbonyl (C=O) groups excluding carboxylic acids is 2. The number of hydrogen-bond acceptors (Lipinski definition) is 2. The SMILES string of the molecule is C=CC(=O)Nc1cccc(-c2ccc(C)c3[nH]c(-c4ccc(C(=O)C(C)CCC)cc4)cc23)c1C. The number of H-pyrrole nitrogens is 1. The first-order chi connectivity index (χ1) is 16.8. The average Bonchev–Trinajstić information content (AvgIpc) is 3.32. The molecule has 0 radical (unpaired) electrons. The fourth-order valence-electron chi connectivity index (χ4n) is 4.66. The van der Waals surface area contributed by atoms with E-state index >= 15 is 0 Å². The van der Waals surface area contributed by atoms with Crippen LogP contribution in [-0.4, -0.2) is 16.7 Å². The number of carbonyl (C=O) groups is 2. The molecule has 0 fully saturated rings. The van der Waals surface area contributed by atoms with Crippen molar-refractivity contribution in [3.8, 4) is 22.4 Å². The standard InChI is InChI=1S/C31H32N2O2/c1-6-9-20(4)31(35)23-15-13-22(14-16-23)28-18-26-25(17-12-19(3)30(26)33-28)24-10-8-11-27(21(24)5)32-29(34)7-2/h7-8,10-18,20,33H,2,6,9H2,1,3-5H3,(H,32,34). The third-order valence-electron chi connectivity index (χ3n) is 6.72. The summed E-state index contributed by atoms with van der Waals surface area (Å²) in [5.41, 5.74) is 8.97. The molecule has 1 atom stereocenters. The maximum Gasteiger partial charge on any atom is 0.247 e. The first-order valence-corrected chi connectivity index (χ1v) is 12.1. The van der Waals surface area contributed by atoms with Crippen LogP contribution in [0.15, 0.2) is 73.3 Å². The fourth-order valence-corrected chi connectivity index (χ4v) is 4.66. The lowest BCUT2D eigenvalue weighted by Crippen LogP contribution is -2.10. The summed E-state index contributed by atoms with van der Waals surface area (Å²) in [5, 5.41) is 4.02. The topological polar surface area (TPSA) is 62.0 Å². The van der Waals surface area contributed by atoms with Gasteiger partial charge in [-0.1, -0.05) is 75.4 Å². The highest BCUT2D eigenvalue weighted by Gasteiger charge is 2.16. The van der Waals surface area contributed by atoms with Gasteiger partial charge in [0, 0.05) is 33.8 Å². The number of fused-ring (bicyclic) bond motifs is 1. The molecule has 35 heavy (non-hydrogen) atoms. The summed E-state index contributed by atoms with van der Waals surface area (Å²) in [5.74, 6) is 0.0146. The number of aromatic amines is 1. The zero-order valence-electron chi connectivity index (χ0n) is 20.9. The smallest absolute Gasteiger partial charge is 0.247 e. The Hall–Kier alpha value is -3.92. The molecule has 0 aliphatic rings. The molecule has 178 valence electrons. The van der Waals surface area contributed by atoms with Gasteiger partial charge in [0.15, 0.2) is 5.78 Å². The molecule has 1 unspecified atom stereocenters. The predicted molar refractivity (Wildman–Crippen MR) is 146 cm³/mol. The van der Waals surface area contributed by atoms with E-state index < -0.39 is 0 Å². The van der Waals surface area contributed by atoms with Crippen molar-refractivity contribution in [2.45, 2.75) is 40.5 Å². The summed E-state index contributed by atoms with van der Waals surface area (Å²) in [7, 11) is 0. The van der Waals surface area contributed by atoms with Crippen LogP contribution in [0.4, 0.5) is 5.69 Å². The first kappa shape index (κ1) is 24.2. The molecule has 0 aliphatic carbocycles. The van der Waals surface area contributed by atoms with E-state index in [1.807, 2.05) is 50.2 Å². The van der Waals surface area contributed by atoms with Crippen molar-refractivity contribution in [2.24, 2.45) is 5.92 Å². The van der Waals surface area contributed by atoms with E-state index in [1.54, 1.807) is 0 Å². The van der Waals surface area contributed by atoms with Crippen molar-refractivity contribution in [1.29, 1.82) is 0 Å². The summed E-state index contributed by atoms with van der Waals surface area (Å²) in [4.78, 5) is 28.1. The Labute approximate surface area is 207 Å². The Morgan fingerprint density at radius 3 is 2.46 bits per heavy atom. The molecule has 0 spiro atoms. The van der Waals surface area contributed by atoms with Crippen molar-refractivity contribution in [2.75, 3.05) is 5.32 Å². The van der Waals surface area contributed by atoms with Crippen LogP contribution in [0.1, 0.15) is 48.2 Å². The fraction of sp³-hybridized carbons (Fsp3) is 0.226. The van der Waals surface area contributed by atoms with Gasteiger partial charge in [0.25, 0.3) is 0 Å². The molecular weight excluding hydrogens is 432 g/mol. The summed E-state index contributed by atoms with van der Waals surface area (Å²) < 4.78 is 0. The molecule has 3 aromatic carbocycles. The summed E-state index contributed by atoms with van der Waals surface area (Å²) >= 11 is 0. The molecule has 1 heterocycles. The van der Waals surface area contributed by atoms with Crippen molar-refractivity contribution < 1.29 is 9.59 Å². The minimum atomic E-state index is -0.228. The Morgan fingerprint density at radius 1 is 1.03 bits per heavy atom. The quantitative estimate of drug-likeness (QED) is 0.206. The number of hydrogen-bond donors (Lipinski definition) is 2.